The summed E-state index contributed by atoms with van der Waals surface area (Å²) in [6.07, 6.45) is 4.74. The Morgan fingerprint density at radius 3 is 2.83 bits per heavy atom. The van der Waals surface area contributed by atoms with Gasteiger partial charge in [-0.3, -0.25) is 4.90 Å². The van der Waals surface area contributed by atoms with Crippen LogP contribution in [0.5, 0.6) is 0 Å². The summed E-state index contributed by atoms with van der Waals surface area (Å²) in [5, 5.41) is 0. The first kappa shape index (κ1) is 17.9. The zero-order valence-electron chi connectivity index (χ0n) is 15.0. The molecule has 1 aromatic heterocycles. The Morgan fingerprint density at radius 1 is 1.48 bits per heavy atom. The van der Waals surface area contributed by atoms with Gasteiger partial charge in [-0.25, -0.2) is 4.79 Å². The number of carbonyl (C=O) groups is 1. The largest absolute Gasteiger partial charge is 0.468 e. The minimum atomic E-state index is -0.452. The average Bonchev–Trinajstić information content (AvgIpc) is 2.99. The molecule has 2 atom stereocenters. The van der Waals surface area contributed by atoms with Gasteiger partial charge in [0.1, 0.15) is 11.4 Å². The molecule has 1 aliphatic rings. The standard InChI is InChI=1S/C18H30N2O3/c1-14(16-10-8-12-22-16)19(5)13-15-9-6-7-11-20(15)17(21)23-18(2,3)4/h8,10,12,14-15H,6-7,9,11,13H2,1-5H3/t14-,15+/m0/s1. The van der Waals surface area contributed by atoms with Gasteiger partial charge in [-0.1, -0.05) is 0 Å². The molecule has 1 fully saturated rings. The van der Waals surface area contributed by atoms with Crippen molar-refractivity contribution in [3.8, 4) is 0 Å². The lowest BCUT2D eigenvalue weighted by Gasteiger charge is -2.39. The lowest BCUT2D eigenvalue weighted by molar-refractivity contribution is 0.00430. The van der Waals surface area contributed by atoms with Crippen LogP contribution in [0.25, 0.3) is 0 Å². The van der Waals surface area contributed by atoms with Crippen molar-refractivity contribution < 1.29 is 13.9 Å². The molecule has 0 aromatic carbocycles. The zero-order chi connectivity index (χ0) is 17.0. The predicted molar refractivity (Wildman–Crippen MR) is 90.3 cm³/mol. The number of ether oxygens (including phenoxy) is 1. The number of piperidine rings is 1. The normalized spacial score (nSPS) is 20.6. The van der Waals surface area contributed by atoms with Crippen LogP contribution in [0.3, 0.4) is 0 Å². The first-order valence-corrected chi connectivity index (χ1v) is 8.51. The van der Waals surface area contributed by atoms with Gasteiger partial charge in [0.2, 0.25) is 0 Å². The van der Waals surface area contributed by atoms with Gasteiger partial charge in [0, 0.05) is 19.1 Å². The van der Waals surface area contributed by atoms with Crippen LogP contribution in [-0.2, 0) is 4.74 Å². The molecule has 0 unspecified atom stereocenters. The molecule has 1 aliphatic heterocycles. The van der Waals surface area contributed by atoms with Gasteiger partial charge in [-0.05, 0) is 66.1 Å². The quantitative estimate of drug-likeness (QED) is 0.838. The summed E-state index contributed by atoms with van der Waals surface area (Å²) in [4.78, 5) is 16.6. The molecule has 1 amide bonds. The lowest BCUT2D eigenvalue weighted by atomic mass is 10.0. The summed E-state index contributed by atoms with van der Waals surface area (Å²) in [6.45, 7) is 9.46. The Hall–Kier alpha value is -1.49. The Kier molecular flexibility index (Phi) is 5.74. The van der Waals surface area contributed by atoms with Gasteiger partial charge < -0.3 is 14.1 Å². The van der Waals surface area contributed by atoms with Crippen molar-refractivity contribution in [1.82, 2.24) is 9.80 Å². The Bertz CT molecular complexity index is 493. The second-order valence-corrected chi connectivity index (χ2v) is 7.45. The highest BCUT2D eigenvalue weighted by atomic mass is 16.6. The van der Waals surface area contributed by atoms with E-state index in [-0.39, 0.29) is 18.2 Å². The molecule has 5 heteroatoms. The molecule has 5 nitrogen and oxygen atoms in total. The van der Waals surface area contributed by atoms with Gasteiger partial charge >= 0.3 is 6.09 Å². The van der Waals surface area contributed by atoms with E-state index in [1.165, 1.54) is 0 Å². The number of hydrogen-bond donors (Lipinski definition) is 0. The van der Waals surface area contributed by atoms with E-state index in [1.807, 2.05) is 37.8 Å². The monoisotopic (exact) mass is 322 g/mol. The summed E-state index contributed by atoms with van der Waals surface area (Å²) < 4.78 is 11.1. The van der Waals surface area contributed by atoms with Crippen molar-refractivity contribution in [2.75, 3.05) is 20.1 Å². The van der Waals surface area contributed by atoms with E-state index >= 15 is 0 Å². The van der Waals surface area contributed by atoms with Crippen molar-refractivity contribution in [3.05, 3.63) is 24.2 Å². The van der Waals surface area contributed by atoms with E-state index in [2.05, 4.69) is 18.9 Å². The Balaban J connectivity index is 1.99. The van der Waals surface area contributed by atoms with Crippen LogP contribution in [-0.4, -0.2) is 47.7 Å². The van der Waals surface area contributed by atoms with Crippen molar-refractivity contribution in [3.63, 3.8) is 0 Å². The topological polar surface area (TPSA) is 45.9 Å². The molecule has 0 radical (unpaired) electrons. The van der Waals surface area contributed by atoms with Crippen molar-refractivity contribution in [2.24, 2.45) is 0 Å². The van der Waals surface area contributed by atoms with Gasteiger partial charge in [-0.2, -0.15) is 0 Å². The number of hydrogen-bond acceptors (Lipinski definition) is 4. The highest BCUT2D eigenvalue weighted by molar-refractivity contribution is 5.68. The Morgan fingerprint density at radius 2 is 2.22 bits per heavy atom. The van der Waals surface area contributed by atoms with E-state index in [4.69, 9.17) is 9.15 Å². The van der Waals surface area contributed by atoms with Crippen LogP contribution in [0.4, 0.5) is 4.79 Å². The first-order valence-electron chi connectivity index (χ1n) is 8.51. The van der Waals surface area contributed by atoms with Gasteiger partial charge in [0.25, 0.3) is 0 Å². The first-order chi connectivity index (χ1) is 10.8. The third-order valence-electron chi connectivity index (χ3n) is 4.37. The van der Waals surface area contributed by atoms with Crippen LogP contribution >= 0.6 is 0 Å². The fourth-order valence-electron chi connectivity index (χ4n) is 2.99. The van der Waals surface area contributed by atoms with Crippen LogP contribution < -0.4 is 0 Å². The molecule has 0 spiro atoms. The summed E-state index contributed by atoms with van der Waals surface area (Å²) in [5.74, 6) is 0.951. The highest BCUT2D eigenvalue weighted by Crippen LogP contribution is 2.24. The van der Waals surface area contributed by atoms with Crippen molar-refractivity contribution in [1.29, 1.82) is 0 Å². The minimum Gasteiger partial charge on any atom is -0.468 e. The molecule has 0 N–H and O–H groups in total. The fourth-order valence-corrected chi connectivity index (χ4v) is 2.99. The molecule has 130 valence electrons. The van der Waals surface area contributed by atoms with E-state index < -0.39 is 5.60 Å². The number of nitrogens with zero attached hydrogens (tertiary/aromatic N) is 2. The van der Waals surface area contributed by atoms with Crippen molar-refractivity contribution >= 4 is 6.09 Å². The second-order valence-electron chi connectivity index (χ2n) is 7.45. The highest BCUT2D eigenvalue weighted by Gasteiger charge is 2.32. The average molecular weight is 322 g/mol. The Labute approximate surface area is 139 Å². The molecule has 0 saturated carbocycles. The third-order valence-corrected chi connectivity index (χ3v) is 4.37. The predicted octanol–water partition coefficient (Wildman–Crippen LogP) is 4.06. The number of furan rings is 1. The number of carbonyl (C=O) groups excluding carboxylic acids is 1. The molecule has 0 bridgehead atoms. The summed E-state index contributed by atoms with van der Waals surface area (Å²) in [7, 11) is 2.08. The SMILES string of the molecule is C[C@@H](c1ccco1)N(C)C[C@H]1CCCCN1C(=O)OC(C)(C)C. The molecule has 2 rings (SSSR count). The minimum absolute atomic E-state index is 0.187. The van der Waals surface area contributed by atoms with E-state index in [0.717, 1.165) is 38.1 Å². The molecular formula is C18H30N2O3. The summed E-state index contributed by atoms with van der Waals surface area (Å²) in [5.41, 5.74) is -0.452. The smallest absolute Gasteiger partial charge is 0.410 e. The second kappa shape index (κ2) is 7.39. The van der Waals surface area contributed by atoms with Crippen LogP contribution in [0.2, 0.25) is 0 Å². The number of amides is 1. The fraction of sp³-hybridized carbons (Fsp3) is 0.722. The molecule has 1 saturated heterocycles. The molecule has 1 aromatic rings. The summed E-state index contributed by atoms with van der Waals surface area (Å²) >= 11 is 0. The molecule has 2 heterocycles. The third kappa shape index (κ3) is 4.99. The molecule has 0 aliphatic carbocycles. The molecular weight excluding hydrogens is 292 g/mol. The number of likely N-dealkylation sites (N-methyl/N-ethyl adjacent to an activating group) is 1. The maximum atomic E-state index is 12.5. The van der Waals surface area contributed by atoms with Gasteiger partial charge in [0.15, 0.2) is 0 Å². The van der Waals surface area contributed by atoms with E-state index in [9.17, 15) is 4.79 Å². The number of likely N-dealkylation sites (tertiary alicyclic amines) is 1. The van der Waals surface area contributed by atoms with E-state index in [0.29, 0.717) is 0 Å². The zero-order valence-corrected chi connectivity index (χ0v) is 15.0. The van der Waals surface area contributed by atoms with E-state index in [1.54, 1.807) is 6.26 Å². The maximum absolute atomic E-state index is 12.5. The molecule has 23 heavy (non-hydrogen) atoms. The van der Waals surface area contributed by atoms with Crippen LogP contribution in [0, 0.1) is 0 Å². The van der Waals surface area contributed by atoms with Crippen LogP contribution in [0.1, 0.15) is 58.8 Å². The van der Waals surface area contributed by atoms with Gasteiger partial charge in [0.05, 0.1) is 12.3 Å². The summed E-state index contributed by atoms with van der Waals surface area (Å²) in [6, 6.07) is 4.29. The number of rotatable bonds is 4. The van der Waals surface area contributed by atoms with Gasteiger partial charge in [-0.15, -0.1) is 0 Å². The maximum Gasteiger partial charge on any atom is 0.410 e. The lowest BCUT2D eigenvalue weighted by Crippen LogP contribution is -2.50. The van der Waals surface area contributed by atoms with Crippen molar-refractivity contribution in [2.45, 2.75) is 64.6 Å². The van der Waals surface area contributed by atoms with Crippen LogP contribution in [0.15, 0.2) is 22.8 Å².